The molecule has 0 unspecified atom stereocenters. The lowest BCUT2D eigenvalue weighted by Gasteiger charge is -2.26. The lowest BCUT2D eigenvalue weighted by atomic mass is 10.0. The molecule has 0 atom stereocenters. The number of carbonyl (C=O) groups excluding carboxylic acids is 1. The van der Waals surface area contributed by atoms with Crippen molar-refractivity contribution in [2.45, 2.75) is 30.6 Å². The van der Waals surface area contributed by atoms with Crippen molar-refractivity contribution >= 4 is 33.0 Å². The van der Waals surface area contributed by atoms with Crippen LogP contribution in [0.15, 0.2) is 47.4 Å². The van der Waals surface area contributed by atoms with Crippen LogP contribution >= 0.6 is 0 Å². The number of carbonyl (C=O) groups is 1. The van der Waals surface area contributed by atoms with Gasteiger partial charge in [-0.15, -0.1) is 0 Å². The highest BCUT2D eigenvalue weighted by Gasteiger charge is 2.23. The molecule has 4 rings (SSSR count). The largest absolute Gasteiger partial charge is 0.372 e. The molecule has 1 saturated heterocycles. The van der Waals surface area contributed by atoms with Crippen molar-refractivity contribution in [2.75, 3.05) is 34.7 Å². The van der Waals surface area contributed by atoms with Crippen LogP contribution in [0, 0.1) is 0 Å². The van der Waals surface area contributed by atoms with Gasteiger partial charge in [-0.05, 0) is 67.3 Å². The molecule has 2 aliphatic rings. The van der Waals surface area contributed by atoms with Gasteiger partial charge in [0.15, 0.2) is 0 Å². The maximum atomic E-state index is 12.8. The maximum Gasteiger partial charge on any atom is 0.261 e. The Morgan fingerprint density at radius 3 is 2.37 bits per heavy atom. The SMILES string of the molecule is CN1C(=O)CCc2cc(S(=O)(=O)Nc3ccc(N4CCCC4)cc3)ccc21. The van der Waals surface area contributed by atoms with Crippen molar-refractivity contribution in [1.29, 1.82) is 0 Å². The second kappa shape index (κ2) is 6.88. The van der Waals surface area contributed by atoms with E-state index in [2.05, 4.69) is 9.62 Å². The molecule has 27 heavy (non-hydrogen) atoms. The van der Waals surface area contributed by atoms with Gasteiger partial charge in [0.1, 0.15) is 0 Å². The topological polar surface area (TPSA) is 69.7 Å². The second-order valence-corrected chi connectivity index (χ2v) is 8.77. The number of nitrogens with zero attached hydrogens (tertiary/aromatic N) is 2. The summed E-state index contributed by atoms with van der Waals surface area (Å²) in [6.07, 6.45) is 3.37. The molecule has 2 aliphatic heterocycles. The predicted octanol–water partition coefficient (Wildman–Crippen LogP) is 3.00. The molecule has 0 bridgehead atoms. The summed E-state index contributed by atoms with van der Waals surface area (Å²) >= 11 is 0. The van der Waals surface area contributed by atoms with Crippen molar-refractivity contribution < 1.29 is 13.2 Å². The minimum atomic E-state index is -3.68. The third-order valence-electron chi connectivity index (χ3n) is 5.30. The highest BCUT2D eigenvalue weighted by Crippen LogP contribution is 2.30. The minimum Gasteiger partial charge on any atom is -0.372 e. The molecule has 1 amide bonds. The van der Waals surface area contributed by atoms with Gasteiger partial charge < -0.3 is 9.80 Å². The fraction of sp³-hybridized carbons (Fsp3) is 0.350. The number of aryl methyl sites for hydroxylation is 1. The molecule has 1 N–H and O–H groups in total. The van der Waals surface area contributed by atoms with Crippen LogP contribution in [0.4, 0.5) is 17.1 Å². The van der Waals surface area contributed by atoms with Crippen LogP contribution in [0.1, 0.15) is 24.8 Å². The number of sulfonamides is 1. The molecule has 0 aliphatic carbocycles. The minimum absolute atomic E-state index is 0.0503. The third kappa shape index (κ3) is 3.51. The summed E-state index contributed by atoms with van der Waals surface area (Å²) in [5.74, 6) is 0.0503. The first-order valence-electron chi connectivity index (χ1n) is 9.21. The van der Waals surface area contributed by atoms with Gasteiger partial charge in [-0.2, -0.15) is 0 Å². The average molecular weight is 385 g/mol. The van der Waals surface area contributed by atoms with Crippen molar-refractivity contribution in [1.82, 2.24) is 0 Å². The molecule has 7 heteroatoms. The fourth-order valence-corrected chi connectivity index (χ4v) is 4.84. The Hall–Kier alpha value is -2.54. The van der Waals surface area contributed by atoms with Gasteiger partial charge in [-0.3, -0.25) is 9.52 Å². The molecule has 2 aromatic carbocycles. The number of hydrogen-bond acceptors (Lipinski definition) is 4. The van der Waals surface area contributed by atoms with Gasteiger partial charge in [0.05, 0.1) is 4.90 Å². The molecule has 142 valence electrons. The summed E-state index contributed by atoms with van der Waals surface area (Å²) in [7, 11) is -1.96. The quantitative estimate of drug-likeness (QED) is 0.878. The lowest BCUT2D eigenvalue weighted by molar-refractivity contribution is -0.118. The number of hydrogen-bond donors (Lipinski definition) is 1. The summed E-state index contributed by atoms with van der Waals surface area (Å²) in [5, 5.41) is 0. The number of benzene rings is 2. The zero-order valence-electron chi connectivity index (χ0n) is 15.3. The molecule has 1 fully saturated rings. The highest BCUT2D eigenvalue weighted by molar-refractivity contribution is 7.92. The number of nitrogens with one attached hydrogen (secondary N) is 1. The zero-order valence-corrected chi connectivity index (χ0v) is 16.1. The van der Waals surface area contributed by atoms with E-state index in [1.807, 2.05) is 12.1 Å². The Morgan fingerprint density at radius 1 is 0.963 bits per heavy atom. The third-order valence-corrected chi connectivity index (χ3v) is 6.67. The Labute approximate surface area is 159 Å². The van der Waals surface area contributed by atoms with E-state index >= 15 is 0 Å². The predicted molar refractivity (Wildman–Crippen MR) is 107 cm³/mol. The molecule has 0 saturated carbocycles. The highest BCUT2D eigenvalue weighted by atomic mass is 32.2. The molecular formula is C20H23N3O3S. The number of fused-ring (bicyclic) bond motifs is 1. The van der Waals surface area contributed by atoms with E-state index in [9.17, 15) is 13.2 Å². The van der Waals surface area contributed by atoms with Gasteiger partial charge in [0.25, 0.3) is 10.0 Å². The van der Waals surface area contributed by atoms with E-state index in [0.29, 0.717) is 18.5 Å². The van der Waals surface area contributed by atoms with Gasteiger partial charge >= 0.3 is 0 Å². The molecule has 2 heterocycles. The van der Waals surface area contributed by atoms with Crippen molar-refractivity contribution in [3.05, 3.63) is 48.0 Å². The Balaban J connectivity index is 1.54. The number of amides is 1. The summed E-state index contributed by atoms with van der Waals surface area (Å²) in [4.78, 5) is 15.9. The first-order valence-corrected chi connectivity index (χ1v) is 10.7. The van der Waals surface area contributed by atoms with Gasteiger partial charge in [0.2, 0.25) is 5.91 Å². The summed E-state index contributed by atoms with van der Waals surface area (Å²) in [5.41, 5.74) is 3.32. The van der Waals surface area contributed by atoms with Crippen LogP contribution in [0.25, 0.3) is 0 Å². The van der Waals surface area contributed by atoms with Gasteiger partial charge in [-0.1, -0.05) is 0 Å². The average Bonchev–Trinajstić information content (AvgIpc) is 3.19. The summed E-state index contributed by atoms with van der Waals surface area (Å²) < 4.78 is 28.2. The first-order chi connectivity index (χ1) is 12.9. The van der Waals surface area contributed by atoms with E-state index in [0.717, 1.165) is 30.0 Å². The van der Waals surface area contributed by atoms with E-state index in [4.69, 9.17) is 0 Å². The van der Waals surface area contributed by atoms with E-state index < -0.39 is 10.0 Å². The lowest BCUT2D eigenvalue weighted by Crippen LogP contribution is -2.31. The zero-order chi connectivity index (χ0) is 19.0. The Morgan fingerprint density at radius 2 is 1.67 bits per heavy atom. The molecular weight excluding hydrogens is 362 g/mol. The number of anilines is 3. The smallest absolute Gasteiger partial charge is 0.261 e. The Kier molecular flexibility index (Phi) is 4.55. The summed E-state index contributed by atoms with van der Waals surface area (Å²) in [6.45, 7) is 2.11. The molecule has 2 aromatic rings. The van der Waals surface area contributed by atoms with Crippen LogP contribution < -0.4 is 14.5 Å². The van der Waals surface area contributed by atoms with Gasteiger partial charge in [-0.25, -0.2) is 8.42 Å². The normalized spacial score (nSPS) is 17.1. The fourth-order valence-electron chi connectivity index (χ4n) is 3.73. The van der Waals surface area contributed by atoms with Crippen molar-refractivity contribution in [2.24, 2.45) is 0 Å². The van der Waals surface area contributed by atoms with Gasteiger partial charge in [0, 0.05) is 43.6 Å². The first kappa shape index (κ1) is 17.9. The summed E-state index contributed by atoms with van der Waals surface area (Å²) in [6, 6.07) is 12.4. The van der Waals surface area contributed by atoms with Crippen LogP contribution in [-0.2, 0) is 21.2 Å². The standard InChI is InChI=1S/C20H23N3O3S/c1-22-19-10-9-18(14-15(19)4-11-20(22)24)27(25,26)21-16-5-7-17(8-6-16)23-12-2-3-13-23/h5-10,14,21H,2-4,11-13H2,1H3. The van der Waals surface area contributed by atoms with Crippen LogP contribution in [-0.4, -0.2) is 34.5 Å². The van der Waals surface area contributed by atoms with Crippen LogP contribution in [0.5, 0.6) is 0 Å². The molecule has 0 spiro atoms. The molecule has 6 nitrogen and oxygen atoms in total. The molecule has 0 radical (unpaired) electrons. The van der Waals surface area contributed by atoms with Crippen LogP contribution in [0.3, 0.4) is 0 Å². The van der Waals surface area contributed by atoms with Crippen molar-refractivity contribution in [3.8, 4) is 0 Å². The van der Waals surface area contributed by atoms with Crippen LogP contribution in [0.2, 0.25) is 0 Å². The second-order valence-electron chi connectivity index (χ2n) is 7.09. The van der Waals surface area contributed by atoms with E-state index in [1.165, 1.54) is 12.8 Å². The molecule has 0 aromatic heterocycles. The van der Waals surface area contributed by atoms with Crippen molar-refractivity contribution in [3.63, 3.8) is 0 Å². The Bertz CT molecular complexity index is 964. The van der Waals surface area contributed by atoms with E-state index in [-0.39, 0.29) is 10.8 Å². The maximum absolute atomic E-state index is 12.8. The number of rotatable bonds is 4. The van der Waals surface area contributed by atoms with E-state index in [1.54, 1.807) is 42.3 Å². The monoisotopic (exact) mass is 385 g/mol.